The van der Waals surface area contributed by atoms with Gasteiger partial charge in [-0.1, -0.05) is 64.0 Å². The fourth-order valence-corrected chi connectivity index (χ4v) is 8.88. The first kappa shape index (κ1) is 29.1. The molecule has 4 amide bonds. The van der Waals surface area contributed by atoms with Crippen molar-refractivity contribution >= 4 is 79.8 Å². The molecule has 3 aromatic rings. The summed E-state index contributed by atoms with van der Waals surface area (Å²) in [5, 5.41) is 14.2. The number of imide groups is 2. The number of likely N-dealkylation sites (tertiary alicyclic amines) is 1. The third-order valence-corrected chi connectivity index (χ3v) is 11.4. The van der Waals surface area contributed by atoms with Crippen LogP contribution in [0.15, 0.2) is 90.5 Å². The molecule has 6 atom stereocenters. The standard InChI is InChI=1S/C33H26BrCl2N3O5/c34-17-38-30(43)32(35)16-24-21(27(33(32,36)31(38)44)22-8-4-5-9-25(22)40)14-15-23-26(24)29(42)39(28(23)41)20-12-10-19(11-13-20)37-18-6-2-1-3-7-18/h1-14,23-24,26-27,37,40H,15-17H2/t23-,24+,26-,27+,32+,33-/m0/s1. The second kappa shape index (κ2) is 10.5. The molecule has 0 aromatic heterocycles. The maximum Gasteiger partial charge on any atom is 0.254 e. The SMILES string of the molecule is O=C1[C@H]2[C@H](CC=C3[C@H]2C[C@@]2(Cl)C(=O)N(CBr)C(=O)[C@@]2(Cl)[C@H]3c2ccccc2O)C(=O)N1c1ccc(Nc2ccccc2)cc1. The Morgan fingerprint density at radius 1 is 0.841 bits per heavy atom. The van der Waals surface area contributed by atoms with E-state index >= 15 is 0 Å². The average Bonchev–Trinajstić information content (AvgIpc) is 3.36. The molecule has 7 rings (SSSR count). The van der Waals surface area contributed by atoms with E-state index in [1.165, 1.54) is 11.0 Å². The summed E-state index contributed by atoms with van der Waals surface area (Å²) in [5.41, 5.74) is 2.97. The lowest BCUT2D eigenvalue weighted by Gasteiger charge is -2.50. The number of nitrogens with one attached hydrogen (secondary N) is 1. The number of aromatic hydroxyl groups is 1. The Kier molecular flexibility index (Phi) is 6.91. The predicted octanol–water partition coefficient (Wildman–Crippen LogP) is 6.05. The molecule has 3 aromatic carbocycles. The van der Waals surface area contributed by atoms with Gasteiger partial charge in [-0.25, -0.2) is 0 Å². The van der Waals surface area contributed by atoms with Gasteiger partial charge < -0.3 is 10.4 Å². The summed E-state index contributed by atoms with van der Waals surface area (Å²) < 4.78 is 0. The molecular formula is C33H26BrCl2N3O5. The van der Waals surface area contributed by atoms with Gasteiger partial charge in [-0.3, -0.25) is 29.0 Å². The van der Waals surface area contributed by atoms with Gasteiger partial charge in [-0.15, -0.1) is 23.2 Å². The number of benzene rings is 3. The highest BCUT2D eigenvalue weighted by Gasteiger charge is 2.76. The quantitative estimate of drug-likeness (QED) is 0.146. The number of para-hydroxylation sites is 2. The smallest absolute Gasteiger partial charge is 0.254 e. The van der Waals surface area contributed by atoms with Crippen LogP contribution in [-0.2, 0) is 19.2 Å². The highest BCUT2D eigenvalue weighted by atomic mass is 79.9. The van der Waals surface area contributed by atoms with Crippen molar-refractivity contribution in [3.05, 3.63) is 96.1 Å². The lowest BCUT2D eigenvalue weighted by molar-refractivity contribution is -0.138. The minimum atomic E-state index is -1.96. The normalized spacial score (nSPS) is 31.0. The molecule has 0 bridgehead atoms. The van der Waals surface area contributed by atoms with Gasteiger partial charge >= 0.3 is 0 Å². The van der Waals surface area contributed by atoms with E-state index in [-0.39, 0.29) is 30.0 Å². The number of rotatable bonds is 5. The van der Waals surface area contributed by atoms with Gasteiger partial charge in [0.2, 0.25) is 11.8 Å². The first-order valence-electron chi connectivity index (χ1n) is 14.2. The highest BCUT2D eigenvalue weighted by Crippen LogP contribution is 2.66. The lowest BCUT2D eigenvalue weighted by atomic mass is 9.56. The molecule has 0 unspecified atom stereocenters. The van der Waals surface area contributed by atoms with Crippen molar-refractivity contribution in [1.29, 1.82) is 0 Å². The molecule has 224 valence electrons. The molecule has 3 fully saturated rings. The minimum Gasteiger partial charge on any atom is -0.508 e. The summed E-state index contributed by atoms with van der Waals surface area (Å²) in [5.74, 6) is -5.37. The molecule has 2 saturated heterocycles. The number of carbonyl (C=O) groups is 4. The van der Waals surface area contributed by atoms with Crippen molar-refractivity contribution in [3.8, 4) is 5.75 Å². The van der Waals surface area contributed by atoms with Crippen molar-refractivity contribution in [2.75, 3.05) is 15.7 Å². The van der Waals surface area contributed by atoms with Crippen LogP contribution in [0, 0.1) is 17.8 Å². The number of phenols is 1. The number of fused-ring (bicyclic) bond motifs is 4. The minimum absolute atomic E-state index is 0.114. The zero-order valence-corrected chi connectivity index (χ0v) is 26.2. The summed E-state index contributed by atoms with van der Waals surface area (Å²) in [6, 6.07) is 23.1. The summed E-state index contributed by atoms with van der Waals surface area (Å²) in [6.07, 6.45) is 1.97. The van der Waals surface area contributed by atoms with E-state index in [0.717, 1.165) is 16.3 Å². The van der Waals surface area contributed by atoms with Crippen LogP contribution >= 0.6 is 39.1 Å². The number of amides is 4. The first-order valence-corrected chi connectivity index (χ1v) is 16.1. The van der Waals surface area contributed by atoms with Gasteiger partial charge in [-0.2, -0.15) is 0 Å². The van der Waals surface area contributed by atoms with E-state index in [9.17, 15) is 24.3 Å². The van der Waals surface area contributed by atoms with Crippen LogP contribution in [0.5, 0.6) is 5.75 Å². The molecule has 2 heterocycles. The van der Waals surface area contributed by atoms with Crippen molar-refractivity contribution in [1.82, 2.24) is 4.90 Å². The number of phenolic OH excluding ortho intramolecular Hbond substituents is 1. The average molecular weight is 695 g/mol. The largest absolute Gasteiger partial charge is 0.508 e. The topological polar surface area (TPSA) is 107 Å². The van der Waals surface area contributed by atoms with Gasteiger partial charge in [0.15, 0.2) is 9.75 Å². The zero-order chi connectivity index (χ0) is 31.0. The van der Waals surface area contributed by atoms with Crippen molar-refractivity contribution in [3.63, 3.8) is 0 Å². The molecule has 2 aliphatic heterocycles. The van der Waals surface area contributed by atoms with Crippen LogP contribution in [0.25, 0.3) is 0 Å². The molecule has 11 heteroatoms. The van der Waals surface area contributed by atoms with Gasteiger partial charge in [0.1, 0.15) is 5.75 Å². The second-order valence-electron chi connectivity index (χ2n) is 11.6. The summed E-state index contributed by atoms with van der Waals surface area (Å²) >= 11 is 17.6. The molecule has 44 heavy (non-hydrogen) atoms. The Bertz CT molecular complexity index is 1750. The van der Waals surface area contributed by atoms with Gasteiger partial charge in [0.25, 0.3) is 11.8 Å². The number of nitrogens with zero attached hydrogens (tertiary/aromatic N) is 2. The molecule has 2 aliphatic carbocycles. The maximum atomic E-state index is 14.2. The van der Waals surface area contributed by atoms with Gasteiger partial charge in [0, 0.05) is 22.9 Å². The summed E-state index contributed by atoms with van der Waals surface area (Å²) in [4.78, 5) is 53.9. The number of hydrogen-bond acceptors (Lipinski definition) is 6. The fraction of sp³-hybridized carbons (Fsp3) is 0.273. The zero-order valence-electron chi connectivity index (χ0n) is 23.1. The van der Waals surface area contributed by atoms with Crippen LogP contribution in [0.1, 0.15) is 24.3 Å². The maximum absolute atomic E-state index is 14.2. The van der Waals surface area contributed by atoms with E-state index in [4.69, 9.17) is 23.2 Å². The number of alkyl halides is 3. The fourth-order valence-electron chi connectivity index (χ4n) is 7.47. The Balaban J connectivity index is 1.28. The number of allylic oxidation sites excluding steroid dienone is 2. The monoisotopic (exact) mass is 693 g/mol. The van der Waals surface area contributed by atoms with Crippen LogP contribution in [0.4, 0.5) is 17.1 Å². The number of anilines is 3. The van der Waals surface area contributed by atoms with E-state index in [0.29, 0.717) is 16.8 Å². The van der Waals surface area contributed by atoms with E-state index in [1.807, 2.05) is 36.4 Å². The number of halogens is 3. The molecule has 1 saturated carbocycles. The van der Waals surface area contributed by atoms with E-state index < -0.39 is 51.1 Å². The van der Waals surface area contributed by atoms with E-state index in [1.54, 1.807) is 42.5 Å². The third kappa shape index (κ3) is 3.95. The first-order chi connectivity index (χ1) is 21.1. The second-order valence-corrected chi connectivity index (χ2v) is 13.3. The molecule has 4 aliphatic rings. The van der Waals surface area contributed by atoms with Crippen molar-refractivity contribution in [2.24, 2.45) is 17.8 Å². The summed E-state index contributed by atoms with van der Waals surface area (Å²) in [7, 11) is 0. The molecule has 2 N–H and O–H groups in total. The van der Waals surface area contributed by atoms with Crippen LogP contribution in [-0.4, -0.2) is 48.8 Å². The van der Waals surface area contributed by atoms with Crippen LogP contribution < -0.4 is 10.2 Å². The van der Waals surface area contributed by atoms with E-state index in [2.05, 4.69) is 21.2 Å². The van der Waals surface area contributed by atoms with Crippen molar-refractivity contribution < 1.29 is 24.3 Å². The molecule has 8 nitrogen and oxygen atoms in total. The Morgan fingerprint density at radius 2 is 1.50 bits per heavy atom. The third-order valence-electron chi connectivity index (χ3n) is 9.45. The van der Waals surface area contributed by atoms with Crippen LogP contribution in [0.2, 0.25) is 0 Å². The lowest BCUT2D eigenvalue weighted by Crippen LogP contribution is -2.60. The Hall–Kier alpha value is -3.66. The summed E-state index contributed by atoms with van der Waals surface area (Å²) in [6.45, 7) is 0. The Morgan fingerprint density at radius 3 is 2.18 bits per heavy atom. The predicted molar refractivity (Wildman–Crippen MR) is 170 cm³/mol. The highest BCUT2D eigenvalue weighted by molar-refractivity contribution is 9.09. The molecule has 0 spiro atoms. The Labute approximate surface area is 271 Å². The van der Waals surface area contributed by atoms with Gasteiger partial charge in [-0.05, 0) is 61.2 Å². The number of carbonyl (C=O) groups excluding carboxylic acids is 4. The van der Waals surface area contributed by atoms with Crippen LogP contribution in [0.3, 0.4) is 0 Å². The molecule has 0 radical (unpaired) electrons. The van der Waals surface area contributed by atoms with Crippen molar-refractivity contribution in [2.45, 2.75) is 28.5 Å². The van der Waals surface area contributed by atoms with Gasteiger partial charge in [0.05, 0.1) is 23.0 Å². The molecular weight excluding hydrogens is 669 g/mol. The number of hydrogen-bond donors (Lipinski definition) is 2.